The van der Waals surface area contributed by atoms with Crippen molar-refractivity contribution in [2.24, 2.45) is 5.73 Å². The maximum atomic E-state index is 5.81. The molecule has 0 unspecified atom stereocenters. The maximum Gasteiger partial charge on any atom is 0.163 e. The highest BCUT2D eigenvalue weighted by Gasteiger charge is 2.23. The molecule has 100 valence electrons. The number of nitrogens with two attached hydrogens (primary N) is 1. The van der Waals surface area contributed by atoms with Crippen LogP contribution < -0.4 is 20.1 Å². The SMILES string of the molecule is CN(c1ccc2c(c1)OCCCO2)C(C)(C)CN. The van der Waals surface area contributed by atoms with Gasteiger partial charge in [-0.1, -0.05) is 0 Å². The van der Waals surface area contributed by atoms with Gasteiger partial charge in [0.2, 0.25) is 0 Å². The molecular weight excluding hydrogens is 228 g/mol. The molecule has 4 nitrogen and oxygen atoms in total. The van der Waals surface area contributed by atoms with Crippen LogP contribution in [0.1, 0.15) is 20.3 Å². The second kappa shape index (κ2) is 5.06. The third-order valence-corrected chi connectivity index (χ3v) is 3.53. The number of likely N-dealkylation sites (N-methyl/N-ethyl adjacent to an activating group) is 1. The van der Waals surface area contributed by atoms with E-state index in [1.54, 1.807) is 0 Å². The first kappa shape index (κ1) is 13.0. The van der Waals surface area contributed by atoms with E-state index >= 15 is 0 Å². The van der Waals surface area contributed by atoms with E-state index in [2.05, 4.69) is 18.7 Å². The maximum absolute atomic E-state index is 5.81. The first-order valence-electron chi connectivity index (χ1n) is 6.38. The van der Waals surface area contributed by atoms with E-state index in [1.165, 1.54) is 0 Å². The van der Waals surface area contributed by atoms with E-state index < -0.39 is 0 Å². The lowest BCUT2D eigenvalue weighted by atomic mass is 10.0. The Labute approximate surface area is 109 Å². The zero-order valence-corrected chi connectivity index (χ0v) is 11.4. The van der Waals surface area contributed by atoms with Gasteiger partial charge in [-0.15, -0.1) is 0 Å². The van der Waals surface area contributed by atoms with Gasteiger partial charge < -0.3 is 20.1 Å². The molecular formula is C14H22N2O2. The van der Waals surface area contributed by atoms with Gasteiger partial charge in [-0.3, -0.25) is 0 Å². The standard InChI is InChI=1S/C14H22N2O2/c1-14(2,10-15)16(3)11-5-6-12-13(9-11)18-8-4-7-17-12/h5-6,9H,4,7-8,10,15H2,1-3H3. The Balaban J connectivity index is 2.28. The molecule has 0 aliphatic carbocycles. The molecule has 2 N–H and O–H groups in total. The Bertz CT molecular complexity index is 418. The van der Waals surface area contributed by atoms with Crippen molar-refractivity contribution in [3.63, 3.8) is 0 Å². The van der Waals surface area contributed by atoms with Gasteiger partial charge in [-0.25, -0.2) is 0 Å². The van der Waals surface area contributed by atoms with Crippen molar-refractivity contribution in [3.8, 4) is 11.5 Å². The summed E-state index contributed by atoms with van der Waals surface area (Å²) >= 11 is 0. The number of benzene rings is 1. The number of rotatable bonds is 3. The Hall–Kier alpha value is -1.42. The van der Waals surface area contributed by atoms with Crippen LogP contribution in [-0.4, -0.2) is 32.3 Å². The molecule has 1 heterocycles. The Morgan fingerprint density at radius 2 is 1.89 bits per heavy atom. The number of anilines is 1. The fraction of sp³-hybridized carbons (Fsp3) is 0.571. The largest absolute Gasteiger partial charge is 0.490 e. The zero-order valence-electron chi connectivity index (χ0n) is 11.4. The third-order valence-electron chi connectivity index (χ3n) is 3.53. The van der Waals surface area contributed by atoms with Crippen molar-refractivity contribution in [2.75, 3.05) is 31.7 Å². The normalized spacial score (nSPS) is 15.1. The van der Waals surface area contributed by atoms with Crippen molar-refractivity contribution in [3.05, 3.63) is 18.2 Å². The molecule has 2 rings (SSSR count). The van der Waals surface area contributed by atoms with Crippen molar-refractivity contribution in [1.82, 2.24) is 0 Å². The average Bonchev–Trinajstić information content (AvgIpc) is 2.62. The highest BCUT2D eigenvalue weighted by Crippen LogP contribution is 2.34. The van der Waals surface area contributed by atoms with Crippen LogP contribution in [0.5, 0.6) is 11.5 Å². The smallest absolute Gasteiger partial charge is 0.163 e. The summed E-state index contributed by atoms with van der Waals surface area (Å²) in [6.45, 7) is 6.26. The summed E-state index contributed by atoms with van der Waals surface area (Å²) in [4.78, 5) is 2.17. The summed E-state index contributed by atoms with van der Waals surface area (Å²) in [5, 5.41) is 0. The zero-order chi connectivity index (χ0) is 13.2. The number of ether oxygens (including phenoxy) is 2. The van der Waals surface area contributed by atoms with Crippen LogP contribution >= 0.6 is 0 Å². The number of nitrogens with zero attached hydrogens (tertiary/aromatic N) is 1. The predicted octanol–water partition coefficient (Wildman–Crippen LogP) is 2.02. The summed E-state index contributed by atoms with van der Waals surface area (Å²) in [5.41, 5.74) is 6.82. The molecule has 0 fully saturated rings. The number of hydrogen-bond donors (Lipinski definition) is 1. The molecule has 0 saturated carbocycles. The van der Waals surface area contributed by atoms with Gasteiger partial charge in [-0.2, -0.15) is 0 Å². The lowest BCUT2D eigenvalue weighted by molar-refractivity contribution is 0.297. The molecule has 0 aromatic heterocycles. The van der Waals surface area contributed by atoms with Gasteiger partial charge >= 0.3 is 0 Å². The van der Waals surface area contributed by atoms with Crippen LogP contribution in [0.2, 0.25) is 0 Å². The summed E-state index contributed by atoms with van der Waals surface area (Å²) in [7, 11) is 2.05. The molecule has 0 spiro atoms. The summed E-state index contributed by atoms with van der Waals surface area (Å²) in [6.07, 6.45) is 0.925. The van der Waals surface area contributed by atoms with E-state index in [-0.39, 0.29) is 5.54 Å². The summed E-state index contributed by atoms with van der Waals surface area (Å²) in [5.74, 6) is 1.65. The molecule has 0 amide bonds. The van der Waals surface area contributed by atoms with Crippen molar-refractivity contribution >= 4 is 5.69 Å². The Morgan fingerprint density at radius 1 is 1.22 bits per heavy atom. The minimum absolute atomic E-state index is 0.0835. The van der Waals surface area contributed by atoms with Crippen LogP contribution in [0.3, 0.4) is 0 Å². The van der Waals surface area contributed by atoms with E-state index in [9.17, 15) is 0 Å². The van der Waals surface area contributed by atoms with Gasteiger partial charge in [0.1, 0.15) is 0 Å². The fourth-order valence-corrected chi connectivity index (χ4v) is 1.85. The minimum atomic E-state index is -0.0835. The highest BCUT2D eigenvalue weighted by atomic mass is 16.5. The van der Waals surface area contributed by atoms with E-state index in [1.807, 2.05) is 25.2 Å². The second-order valence-electron chi connectivity index (χ2n) is 5.26. The minimum Gasteiger partial charge on any atom is -0.490 e. The summed E-state index contributed by atoms with van der Waals surface area (Å²) < 4.78 is 11.3. The van der Waals surface area contributed by atoms with Gasteiger partial charge in [0.05, 0.1) is 13.2 Å². The Morgan fingerprint density at radius 3 is 2.56 bits per heavy atom. The Kier molecular flexibility index (Phi) is 3.66. The number of hydrogen-bond acceptors (Lipinski definition) is 4. The van der Waals surface area contributed by atoms with Crippen LogP contribution in [0, 0.1) is 0 Å². The van der Waals surface area contributed by atoms with Crippen molar-refractivity contribution < 1.29 is 9.47 Å². The van der Waals surface area contributed by atoms with Crippen molar-refractivity contribution in [2.45, 2.75) is 25.8 Å². The molecule has 0 bridgehead atoms. The topological polar surface area (TPSA) is 47.7 Å². The highest BCUT2D eigenvalue weighted by molar-refractivity contribution is 5.57. The van der Waals surface area contributed by atoms with Gasteiger partial charge in [0.15, 0.2) is 11.5 Å². The molecule has 1 aliphatic rings. The van der Waals surface area contributed by atoms with E-state index in [0.717, 1.165) is 30.2 Å². The third kappa shape index (κ3) is 2.53. The molecule has 0 atom stereocenters. The molecule has 1 aliphatic heterocycles. The molecule has 0 radical (unpaired) electrons. The lowest BCUT2D eigenvalue weighted by Crippen LogP contribution is -2.47. The molecule has 1 aromatic rings. The first-order valence-corrected chi connectivity index (χ1v) is 6.38. The monoisotopic (exact) mass is 250 g/mol. The molecule has 4 heteroatoms. The number of fused-ring (bicyclic) bond motifs is 1. The second-order valence-corrected chi connectivity index (χ2v) is 5.26. The van der Waals surface area contributed by atoms with E-state index in [0.29, 0.717) is 13.2 Å². The van der Waals surface area contributed by atoms with Crippen LogP contribution in [-0.2, 0) is 0 Å². The average molecular weight is 250 g/mol. The molecule has 1 aromatic carbocycles. The molecule has 0 saturated heterocycles. The quantitative estimate of drug-likeness (QED) is 0.891. The van der Waals surface area contributed by atoms with Gasteiger partial charge in [-0.05, 0) is 26.0 Å². The molecule has 18 heavy (non-hydrogen) atoms. The van der Waals surface area contributed by atoms with Crippen molar-refractivity contribution in [1.29, 1.82) is 0 Å². The van der Waals surface area contributed by atoms with E-state index in [4.69, 9.17) is 15.2 Å². The van der Waals surface area contributed by atoms with Crippen LogP contribution in [0.4, 0.5) is 5.69 Å². The fourth-order valence-electron chi connectivity index (χ4n) is 1.85. The lowest BCUT2D eigenvalue weighted by Gasteiger charge is -2.36. The van der Waals surface area contributed by atoms with Crippen LogP contribution in [0.25, 0.3) is 0 Å². The van der Waals surface area contributed by atoms with Crippen LogP contribution in [0.15, 0.2) is 18.2 Å². The van der Waals surface area contributed by atoms with Gasteiger partial charge in [0, 0.05) is 37.3 Å². The van der Waals surface area contributed by atoms with Gasteiger partial charge in [0.25, 0.3) is 0 Å². The predicted molar refractivity (Wildman–Crippen MR) is 73.6 cm³/mol. The summed E-state index contributed by atoms with van der Waals surface area (Å²) in [6, 6.07) is 6.04. The first-order chi connectivity index (χ1) is 8.54.